The van der Waals surface area contributed by atoms with Gasteiger partial charge in [-0.2, -0.15) is 16.6 Å². The number of nitriles is 1. The summed E-state index contributed by atoms with van der Waals surface area (Å²) in [5.74, 6) is -0.231. The number of benzene rings is 1. The zero-order valence-electron chi connectivity index (χ0n) is 16.6. The Bertz CT molecular complexity index is 1140. The van der Waals surface area contributed by atoms with E-state index in [9.17, 15) is 20.2 Å². The van der Waals surface area contributed by atoms with Crippen LogP contribution in [0.15, 0.2) is 63.8 Å². The number of carbonyl (C=O) groups is 1. The molecule has 1 unspecified atom stereocenters. The first-order valence-electron chi connectivity index (χ1n) is 9.46. The average molecular weight is 420 g/mol. The number of nitrogens with zero attached hydrogens (tertiary/aromatic N) is 3. The Balaban J connectivity index is 1.95. The highest BCUT2D eigenvalue weighted by Gasteiger charge is 2.44. The molecule has 0 fully saturated rings. The Hall–Kier alpha value is -3.44. The molecule has 1 aliphatic heterocycles. The third-order valence-electron chi connectivity index (χ3n) is 5.58. The molecule has 1 atom stereocenters. The van der Waals surface area contributed by atoms with Gasteiger partial charge in [0.15, 0.2) is 5.78 Å². The summed E-state index contributed by atoms with van der Waals surface area (Å²) < 4.78 is 0. The summed E-state index contributed by atoms with van der Waals surface area (Å²) in [6.07, 6.45) is 0.990. The Labute approximate surface area is 177 Å². The van der Waals surface area contributed by atoms with Gasteiger partial charge in [0.05, 0.1) is 22.5 Å². The number of Topliss-reactive ketones (excluding diaryl/α,β-unsaturated/α-hetero) is 1. The fourth-order valence-electron chi connectivity index (χ4n) is 4.30. The van der Waals surface area contributed by atoms with E-state index in [-0.39, 0.29) is 22.7 Å². The van der Waals surface area contributed by atoms with E-state index in [0.717, 1.165) is 11.3 Å². The quantitative estimate of drug-likeness (QED) is 0.573. The van der Waals surface area contributed by atoms with Crippen molar-refractivity contribution in [2.45, 2.75) is 32.6 Å². The maximum atomic E-state index is 13.3. The fraction of sp³-hybridized carbons (Fsp3) is 0.273. The molecule has 2 N–H and O–H groups in total. The largest absolute Gasteiger partial charge is 0.384 e. The summed E-state index contributed by atoms with van der Waals surface area (Å²) in [5, 5.41) is 24.9. The molecule has 1 aliphatic carbocycles. The maximum Gasteiger partial charge on any atom is 0.269 e. The second-order valence-corrected chi connectivity index (χ2v) is 9.09. The van der Waals surface area contributed by atoms with Crippen LogP contribution in [-0.2, 0) is 4.79 Å². The molecule has 152 valence electrons. The number of nitrogens with two attached hydrogens (primary N) is 1. The number of ketones is 1. The highest BCUT2D eigenvalue weighted by atomic mass is 32.1. The van der Waals surface area contributed by atoms with Crippen molar-refractivity contribution in [2.75, 3.05) is 4.90 Å². The number of rotatable bonds is 3. The topological polar surface area (TPSA) is 113 Å². The number of carbonyl (C=O) groups excluding carboxylic acids is 1. The van der Waals surface area contributed by atoms with Crippen LogP contribution >= 0.6 is 11.3 Å². The van der Waals surface area contributed by atoms with Crippen LogP contribution in [0.3, 0.4) is 0 Å². The van der Waals surface area contributed by atoms with Crippen molar-refractivity contribution in [3.63, 3.8) is 0 Å². The Kier molecular flexibility index (Phi) is 4.71. The van der Waals surface area contributed by atoms with Crippen LogP contribution in [0.5, 0.6) is 0 Å². The van der Waals surface area contributed by atoms with Gasteiger partial charge in [0.1, 0.15) is 5.82 Å². The molecular weight excluding hydrogens is 400 g/mol. The van der Waals surface area contributed by atoms with Crippen LogP contribution in [0.4, 0.5) is 11.4 Å². The molecule has 0 saturated heterocycles. The summed E-state index contributed by atoms with van der Waals surface area (Å²) in [7, 11) is 0. The van der Waals surface area contributed by atoms with E-state index in [1.807, 2.05) is 30.7 Å². The van der Waals surface area contributed by atoms with Crippen LogP contribution in [0.25, 0.3) is 0 Å². The van der Waals surface area contributed by atoms with Gasteiger partial charge >= 0.3 is 0 Å². The molecule has 2 aliphatic rings. The monoisotopic (exact) mass is 420 g/mol. The van der Waals surface area contributed by atoms with Crippen LogP contribution in [-0.4, -0.2) is 10.7 Å². The van der Waals surface area contributed by atoms with Crippen molar-refractivity contribution in [3.8, 4) is 6.07 Å². The molecule has 8 heteroatoms. The van der Waals surface area contributed by atoms with E-state index in [4.69, 9.17) is 5.73 Å². The maximum absolute atomic E-state index is 13.3. The van der Waals surface area contributed by atoms with Crippen LogP contribution in [0, 0.1) is 26.9 Å². The molecule has 30 heavy (non-hydrogen) atoms. The first-order valence-corrected chi connectivity index (χ1v) is 10.4. The number of nitro groups is 1. The van der Waals surface area contributed by atoms with Gasteiger partial charge in [-0.05, 0) is 46.4 Å². The van der Waals surface area contributed by atoms with Gasteiger partial charge in [0, 0.05) is 35.5 Å². The number of hydrogen-bond donors (Lipinski definition) is 1. The van der Waals surface area contributed by atoms with Crippen molar-refractivity contribution in [1.29, 1.82) is 5.26 Å². The lowest BCUT2D eigenvalue weighted by molar-refractivity contribution is -0.384. The lowest BCUT2D eigenvalue weighted by Gasteiger charge is -2.43. The third-order valence-corrected chi connectivity index (χ3v) is 6.28. The van der Waals surface area contributed by atoms with E-state index in [1.165, 1.54) is 23.5 Å². The van der Waals surface area contributed by atoms with Crippen molar-refractivity contribution < 1.29 is 9.72 Å². The number of hydrogen-bond acceptors (Lipinski definition) is 7. The van der Waals surface area contributed by atoms with Crippen molar-refractivity contribution >= 4 is 28.5 Å². The third kappa shape index (κ3) is 3.17. The first kappa shape index (κ1) is 19.9. The Morgan fingerprint density at radius 2 is 1.97 bits per heavy atom. The number of thiophene rings is 1. The number of nitro benzene ring substituents is 1. The molecule has 0 spiro atoms. The molecule has 0 amide bonds. The number of non-ortho nitro benzene ring substituents is 1. The molecule has 2 heterocycles. The SMILES string of the molecule is CC1(C)CC(=O)C2=C(C1)N(c1ccc([N+](=O)[O-])cc1)C(N)=C(C#N)C2c1ccsc1. The Morgan fingerprint density at radius 3 is 2.53 bits per heavy atom. The van der Waals surface area contributed by atoms with E-state index in [2.05, 4.69) is 6.07 Å². The lowest BCUT2D eigenvalue weighted by atomic mass is 9.69. The molecule has 7 nitrogen and oxygen atoms in total. The van der Waals surface area contributed by atoms with E-state index in [0.29, 0.717) is 29.7 Å². The predicted octanol–water partition coefficient (Wildman–Crippen LogP) is 4.60. The summed E-state index contributed by atoms with van der Waals surface area (Å²) in [6, 6.07) is 10.1. The van der Waals surface area contributed by atoms with Gasteiger partial charge in [-0.1, -0.05) is 13.8 Å². The van der Waals surface area contributed by atoms with Crippen LogP contribution in [0.1, 0.15) is 38.2 Å². The summed E-state index contributed by atoms with van der Waals surface area (Å²) in [4.78, 5) is 25.6. The van der Waals surface area contributed by atoms with Gasteiger partial charge in [0.25, 0.3) is 5.69 Å². The summed E-state index contributed by atoms with van der Waals surface area (Å²) >= 11 is 1.50. The minimum Gasteiger partial charge on any atom is -0.384 e. The number of allylic oxidation sites excluding steroid dienone is 3. The van der Waals surface area contributed by atoms with Gasteiger partial charge in [-0.3, -0.25) is 19.8 Å². The molecule has 0 radical (unpaired) electrons. The van der Waals surface area contributed by atoms with E-state index < -0.39 is 10.8 Å². The van der Waals surface area contributed by atoms with Gasteiger partial charge in [-0.15, -0.1) is 0 Å². The van der Waals surface area contributed by atoms with E-state index in [1.54, 1.807) is 17.0 Å². The molecular formula is C22H20N4O3S. The standard InChI is InChI=1S/C22H20N4O3S/c1-22(2)9-17-20(18(27)10-22)19(13-7-8-30-12-13)16(11-23)21(24)25(17)14-3-5-15(6-4-14)26(28)29/h3-8,12,19H,9-10,24H2,1-2H3. The predicted molar refractivity (Wildman–Crippen MR) is 115 cm³/mol. The van der Waals surface area contributed by atoms with E-state index >= 15 is 0 Å². The minimum atomic E-state index is -0.492. The first-order chi connectivity index (χ1) is 14.2. The fourth-order valence-corrected chi connectivity index (χ4v) is 4.99. The minimum absolute atomic E-state index is 0.00427. The van der Waals surface area contributed by atoms with Gasteiger partial charge < -0.3 is 5.73 Å². The summed E-state index contributed by atoms with van der Waals surface area (Å²) in [6.45, 7) is 4.06. The van der Waals surface area contributed by atoms with Crippen LogP contribution < -0.4 is 10.6 Å². The van der Waals surface area contributed by atoms with Gasteiger partial charge in [0.2, 0.25) is 0 Å². The molecule has 2 aromatic rings. The zero-order valence-corrected chi connectivity index (χ0v) is 17.4. The molecule has 4 rings (SSSR count). The lowest BCUT2D eigenvalue weighted by Crippen LogP contribution is -2.42. The highest BCUT2D eigenvalue weighted by Crippen LogP contribution is 2.50. The second-order valence-electron chi connectivity index (χ2n) is 8.31. The van der Waals surface area contributed by atoms with Crippen molar-refractivity contribution in [3.05, 3.63) is 79.4 Å². The second kappa shape index (κ2) is 7.11. The average Bonchev–Trinajstić information content (AvgIpc) is 3.20. The smallest absolute Gasteiger partial charge is 0.269 e. The van der Waals surface area contributed by atoms with Crippen LogP contribution in [0.2, 0.25) is 0 Å². The van der Waals surface area contributed by atoms with Crippen molar-refractivity contribution in [2.24, 2.45) is 11.1 Å². The van der Waals surface area contributed by atoms with Gasteiger partial charge in [-0.25, -0.2) is 0 Å². The molecule has 0 saturated carbocycles. The highest BCUT2D eigenvalue weighted by molar-refractivity contribution is 7.08. The number of anilines is 1. The molecule has 1 aromatic heterocycles. The normalized spacial score (nSPS) is 20.8. The van der Waals surface area contributed by atoms with Crippen molar-refractivity contribution in [1.82, 2.24) is 0 Å². The summed E-state index contributed by atoms with van der Waals surface area (Å²) in [5.41, 5.74) is 9.35. The zero-order chi connectivity index (χ0) is 21.6. The molecule has 1 aromatic carbocycles. The molecule has 0 bridgehead atoms. The Morgan fingerprint density at radius 1 is 1.27 bits per heavy atom.